The Morgan fingerprint density at radius 1 is 1.42 bits per heavy atom. The fourth-order valence-corrected chi connectivity index (χ4v) is 3.07. The van der Waals surface area contributed by atoms with Crippen LogP contribution in [0.25, 0.3) is 11.5 Å². The Labute approximate surface area is 141 Å². The van der Waals surface area contributed by atoms with Crippen molar-refractivity contribution in [3.05, 3.63) is 41.3 Å². The molecule has 0 spiro atoms. The molecule has 0 saturated carbocycles. The third-order valence-corrected chi connectivity index (χ3v) is 4.51. The molecule has 2 aromatic rings. The van der Waals surface area contributed by atoms with Gasteiger partial charge in [-0.2, -0.15) is 0 Å². The number of esters is 1. The molecule has 0 unspecified atom stereocenters. The first-order chi connectivity index (χ1) is 11.6. The molecule has 3 rings (SSSR count). The molecule has 1 N–H and O–H groups in total. The summed E-state index contributed by atoms with van der Waals surface area (Å²) >= 11 is 0. The van der Waals surface area contributed by atoms with Gasteiger partial charge in [0.15, 0.2) is 0 Å². The van der Waals surface area contributed by atoms with Gasteiger partial charge in [0.05, 0.1) is 25.0 Å². The van der Waals surface area contributed by atoms with E-state index in [1.165, 1.54) is 7.11 Å². The number of likely N-dealkylation sites (tertiary alicyclic amines) is 1. The SMILES string of the molecule is COC(=O)c1ccc(-c2nc(CN3CCC[C@H]3CO)c(C)o2)cc1. The normalized spacial score (nSPS) is 18.0. The monoisotopic (exact) mass is 330 g/mol. The third kappa shape index (κ3) is 3.34. The van der Waals surface area contributed by atoms with Gasteiger partial charge in [0.2, 0.25) is 5.89 Å². The summed E-state index contributed by atoms with van der Waals surface area (Å²) in [5.74, 6) is 0.958. The Morgan fingerprint density at radius 3 is 2.83 bits per heavy atom. The molecule has 0 radical (unpaired) electrons. The minimum Gasteiger partial charge on any atom is -0.465 e. The predicted molar refractivity (Wildman–Crippen MR) is 88.5 cm³/mol. The minimum atomic E-state index is -0.366. The van der Waals surface area contributed by atoms with Crippen LogP contribution in [0, 0.1) is 6.92 Å². The molecule has 2 heterocycles. The van der Waals surface area contributed by atoms with E-state index in [-0.39, 0.29) is 18.6 Å². The van der Waals surface area contributed by atoms with Crippen LogP contribution < -0.4 is 0 Å². The molecular weight excluding hydrogens is 308 g/mol. The maximum Gasteiger partial charge on any atom is 0.337 e. The van der Waals surface area contributed by atoms with Crippen LogP contribution in [-0.2, 0) is 11.3 Å². The fraction of sp³-hybridized carbons (Fsp3) is 0.444. The Hall–Kier alpha value is -2.18. The van der Waals surface area contributed by atoms with Crippen molar-refractivity contribution < 1.29 is 19.1 Å². The fourth-order valence-electron chi connectivity index (χ4n) is 3.07. The van der Waals surface area contributed by atoms with E-state index in [0.29, 0.717) is 18.0 Å². The lowest BCUT2D eigenvalue weighted by Crippen LogP contribution is -2.31. The van der Waals surface area contributed by atoms with Crippen LogP contribution in [-0.4, -0.2) is 47.3 Å². The van der Waals surface area contributed by atoms with Gasteiger partial charge in [-0.05, 0) is 50.6 Å². The van der Waals surface area contributed by atoms with Crippen molar-refractivity contribution in [1.82, 2.24) is 9.88 Å². The molecule has 1 aliphatic heterocycles. The Kier molecular flexibility index (Phi) is 4.97. The number of hydrogen-bond acceptors (Lipinski definition) is 6. The lowest BCUT2D eigenvalue weighted by Gasteiger charge is -2.21. The molecule has 1 atom stereocenters. The Balaban J connectivity index is 1.77. The van der Waals surface area contributed by atoms with Gasteiger partial charge in [0.25, 0.3) is 0 Å². The molecule has 1 aromatic heterocycles. The van der Waals surface area contributed by atoms with Gasteiger partial charge in [0.1, 0.15) is 5.76 Å². The lowest BCUT2D eigenvalue weighted by atomic mass is 10.1. The number of ether oxygens (including phenoxy) is 1. The third-order valence-electron chi connectivity index (χ3n) is 4.51. The van der Waals surface area contributed by atoms with Crippen molar-refractivity contribution in [2.45, 2.75) is 32.4 Å². The Bertz CT molecular complexity index is 708. The zero-order valence-electron chi connectivity index (χ0n) is 14.0. The number of aromatic nitrogens is 1. The topological polar surface area (TPSA) is 75.8 Å². The summed E-state index contributed by atoms with van der Waals surface area (Å²) in [7, 11) is 1.36. The van der Waals surface area contributed by atoms with E-state index in [1.54, 1.807) is 24.3 Å². The highest BCUT2D eigenvalue weighted by Gasteiger charge is 2.25. The van der Waals surface area contributed by atoms with Gasteiger partial charge in [-0.25, -0.2) is 9.78 Å². The van der Waals surface area contributed by atoms with Gasteiger partial charge in [-0.15, -0.1) is 0 Å². The summed E-state index contributed by atoms with van der Waals surface area (Å²) in [6.45, 7) is 3.74. The van der Waals surface area contributed by atoms with Crippen LogP contribution in [0.1, 0.15) is 34.7 Å². The number of nitrogens with zero attached hydrogens (tertiary/aromatic N) is 2. The van der Waals surface area contributed by atoms with Crippen molar-refractivity contribution in [2.75, 3.05) is 20.3 Å². The highest BCUT2D eigenvalue weighted by molar-refractivity contribution is 5.89. The number of oxazole rings is 1. The molecule has 1 aromatic carbocycles. The van der Waals surface area contributed by atoms with Crippen LogP contribution in [0.15, 0.2) is 28.7 Å². The number of carbonyl (C=O) groups is 1. The number of rotatable bonds is 5. The second kappa shape index (κ2) is 7.15. The molecule has 128 valence electrons. The molecule has 1 fully saturated rings. The number of aliphatic hydroxyl groups is 1. The highest BCUT2D eigenvalue weighted by Crippen LogP contribution is 2.25. The van der Waals surface area contributed by atoms with Gasteiger partial charge in [-0.1, -0.05) is 0 Å². The van der Waals surface area contributed by atoms with Crippen molar-refractivity contribution in [1.29, 1.82) is 0 Å². The second-order valence-electron chi connectivity index (χ2n) is 6.04. The lowest BCUT2D eigenvalue weighted by molar-refractivity contribution is 0.0600. The summed E-state index contributed by atoms with van der Waals surface area (Å²) in [6, 6.07) is 7.20. The highest BCUT2D eigenvalue weighted by atomic mass is 16.5. The smallest absolute Gasteiger partial charge is 0.337 e. The van der Waals surface area contributed by atoms with Crippen LogP contribution in [0.5, 0.6) is 0 Å². The number of carbonyl (C=O) groups excluding carboxylic acids is 1. The van der Waals surface area contributed by atoms with E-state index in [2.05, 4.69) is 9.88 Å². The molecular formula is C18H22N2O4. The molecule has 6 heteroatoms. The van der Waals surface area contributed by atoms with E-state index in [4.69, 9.17) is 9.15 Å². The Morgan fingerprint density at radius 2 is 2.17 bits per heavy atom. The number of methoxy groups -OCH3 is 1. The number of hydrogen-bond donors (Lipinski definition) is 1. The van der Waals surface area contributed by atoms with Crippen molar-refractivity contribution in [3.8, 4) is 11.5 Å². The van der Waals surface area contributed by atoms with Crippen LogP contribution in [0.4, 0.5) is 0 Å². The quantitative estimate of drug-likeness (QED) is 0.849. The number of benzene rings is 1. The molecule has 1 aliphatic rings. The summed E-state index contributed by atoms with van der Waals surface area (Å²) in [5, 5.41) is 9.43. The number of aryl methyl sites for hydroxylation is 1. The van der Waals surface area contributed by atoms with E-state index < -0.39 is 0 Å². The summed E-state index contributed by atoms with van der Waals surface area (Å²) in [6.07, 6.45) is 2.12. The predicted octanol–water partition coefficient (Wildman–Crippen LogP) is 2.39. The van der Waals surface area contributed by atoms with E-state index in [9.17, 15) is 9.90 Å². The van der Waals surface area contributed by atoms with Crippen LogP contribution in [0.3, 0.4) is 0 Å². The molecule has 1 saturated heterocycles. The van der Waals surface area contributed by atoms with Crippen LogP contribution >= 0.6 is 0 Å². The standard InChI is InChI=1S/C18H22N2O4/c1-12-16(10-20-9-3-4-15(20)11-21)19-17(24-12)13-5-7-14(8-6-13)18(22)23-2/h5-8,15,21H,3-4,9-11H2,1-2H3/t15-/m0/s1. The van der Waals surface area contributed by atoms with Crippen LogP contribution in [0.2, 0.25) is 0 Å². The summed E-state index contributed by atoms with van der Waals surface area (Å²) in [4.78, 5) is 18.3. The average molecular weight is 330 g/mol. The zero-order valence-corrected chi connectivity index (χ0v) is 14.0. The van der Waals surface area contributed by atoms with Gasteiger partial charge in [0, 0.05) is 18.2 Å². The molecule has 6 nitrogen and oxygen atoms in total. The first kappa shape index (κ1) is 16.7. The van der Waals surface area contributed by atoms with Crippen molar-refractivity contribution in [2.24, 2.45) is 0 Å². The summed E-state index contributed by atoms with van der Waals surface area (Å²) in [5.41, 5.74) is 2.20. The second-order valence-corrected chi connectivity index (χ2v) is 6.04. The first-order valence-corrected chi connectivity index (χ1v) is 8.12. The summed E-state index contributed by atoms with van der Waals surface area (Å²) < 4.78 is 10.5. The molecule has 24 heavy (non-hydrogen) atoms. The molecule has 0 amide bonds. The van der Waals surface area contributed by atoms with E-state index >= 15 is 0 Å². The van der Waals surface area contributed by atoms with Gasteiger partial charge < -0.3 is 14.3 Å². The first-order valence-electron chi connectivity index (χ1n) is 8.12. The zero-order chi connectivity index (χ0) is 17.1. The van der Waals surface area contributed by atoms with Crippen molar-refractivity contribution in [3.63, 3.8) is 0 Å². The van der Waals surface area contributed by atoms with Gasteiger partial charge in [-0.3, -0.25) is 4.90 Å². The number of aliphatic hydroxyl groups excluding tert-OH is 1. The van der Waals surface area contributed by atoms with Crippen molar-refractivity contribution >= 4 is 5.97 Å². The largest absolute Gasteiger partial charge is 0.465 e. The molecule has 0 bridgehead atoms. The molecule has 0 aliphatic carbocycles. The van der Waals surface area contributed by atoms with E-state index in [0.717, 1.165) is 36.4 Å². The average Bonchev–Trinajstić information content (AvgIpc) is 3.21. The maximum absolute atomic E-state index is 11.5. The van der Waals surface area contributed by atoms with Gasteiger partial charge >= 0.3 is 5.97 Å². The minimum absolute atomic E-state index is 0.179. The van der Waals surface area contributed by atoms with E-state index in [1.807, 2.05) is 6.92 Å². The maximum atomic E-state index is 11.5.